The topological polar surface area (TPSA) is 0 Å². The van der Waals surface area contributed by atoms with Crippen LogP contribution in [0.25, 0.3) is 0 Å². The molecule has 0 aromatic heterocycles. The van der Waals surface area contributed by atoms with Crippen LogP contribution in [0.4, 0.5) is 119 Å². The third-order valence-electron chi connectivity index (χ3n) is 36.7. The molecule has 0 rings (SSSR count). The summed E-state index contributed by atoms with van der Waals surface area (Å²) in [5, 5.41) is 0. The highest BCUT2D eigenvalue weighted by Gasteiger charge is 2.69. The zero-order chi connectivity index (χ0) is 112. The predicted molar refractivity (Wildman–Crippen MR) is 524 cm³/mol. The van der Waals surface area contributed by atoms with Gasteiger partial charge in [-0.1, -0.05) is 410 Å². The summed E-state index contributed by atoms with van der Waals surface area (Å²) in [5.74, 6) is -3.45. The van der Waals surface area contributed by atoms with Gasteiger partial charge in [-0.05, 0) is 188 Å². The van der Waals surface area contributed by atoms with Gasteiger partial charge in [0.05, 0.1) is 48.7 Å². The SMILES string of the molecule is CC(C)C(C(C)C)C(C)(C(C)C)C(F)(F)F.CC(C)C(C)(C(C)C)C(F)(F)F.CCC(C)(CC)C(C)(C(C)C)C(F)(F)F.CCC(C)(CC)C(C)(C(F)(F)F)C(C)(CC)CC.CCC(CC)C(C)(C(C)C)C(F)(F)F.CCC(CC)C(C)(C(CC)CC)C(F)(F)F.CCCC(C)(C(C(C)C)C(C)C)C(F)(F)F.CCCC(C)(C(CC)CC)C(F)(F)F.CCCC(C)(C(F)(F)F)C(C)(CC)CC. The van der Waals surface area contributed by atoms with Crippen molar-refractivity contribution in [3.05, 3.63) is 0 Å². The first-order valence-corrected chi connectivity index (χ1v) is 51.8. The lowest BCUT2D eigenvalue weighted by Crippen LogP contribution is -2.57. The van der Waals surface area contributed by atoms with Gasteiger partial charge in [0.15, 0.2) is 0 Å². The summed E-state index contributed by atoms with van der Waals surface area (Å²) in [7, 11) is 0. The van der Waals surface area contributed by atoms with Gasteiger partial charge in [0.25, 0.3) is 0 Å². The Balaban J connectivity index is -0.000000191. The van der Waals surface area contributed by atoms with Crippen LogP contribution in [0, 0.1) is 159 Å². The van der Waals surface area contributed by atoms with Crippen LogP contribution in [0.1, 0.15) is 487 Å². The minimum absolute atomic E-state index is 0.0361. The van der Waals surface area contributed by atoms with E-state index in [9.17, 15) is 119 Å². The third-order valence-corrected chi connectivity index (χ3v) is 36.7. The van der Waals surface area contributed by atoms with Crippen molar-refractivity contribution in [3.63, 3.8) is 0 Å². The zero-order valence-electron chi connectivity index (χ0n) is 95.4. The van der Waals surface area contributed by atoms with Gasteiger partial charge in [-0.15, -0.1) is 0 Å². The minimum Gasteiger partial charge on any atom is -0.171 e. The molecule has 0 amide bonds. The largest absolute Gasteiger partial charge is 0.395 e. The maximum absolute atomic E-state index is 13.8. The molecule has 0 spiro atoms. The smallest absolute Gasteiger partial charge is 0.171 e. The van der Waals surface area contributed by atoms with Crippen LogP contribution in [0.3, 0.4) is 0 Å². The number of halogens is 27. The van der Waals surface area contributed by atoms with E-state index in [1.54, 1.807) is 96.9 Å². The molecule has 0 radical (unpaired) electrons. The van der Waals surface area contributed by atoms with Gasteiger partial charge in [-0.3, -0.25) is 0 Å². The van der Waals surface area contributed by atoms with Crippen molar-refractivity contribution >= 4 is 0 Å². The first kappa shape index (κ1) is 152. The molecule has 6 atom stereocenters. The Kier molecular flexibility index (Phi) is 66.7. The maximum Gasteiger partial charge on any atom is 0.395 e. The van der Waals surface area contributed by atoms with Crippen LogP contribution in [0.2, 0.25) is 0 Å². The van der Waals surface area contributed by atoms with E-state index in [1.807, 2.05) is 187 Å². The third kappa shape index (κ3) is 36.6. The Labute approximate surface area is 817 Å². The van der Waals surface area contributed by atoms with Crippen LogP contribution in [-0.4, -0.2) is 55.6 Å². The number of alkyl halides is 27. The number of hydrogen-bond donors (Lipinski definition) is 0. The van der Waals surface area contributed by atoms with Gasteiger partial charge in [0, 0.05) is 0 Å². The molecule has 0 saturated heterocycles. The average molecular weight is 2030 g/mol. The van der Waals surface area contributed by atoms with Gasteiger partial charge in [0.2, 0.25) is 0 Å². The van der Waals surface area contributed by atoms with Crippen LogP contribution in [0.15, 0.2) is 0 Å². The highest BCUT2D eigenvalue weighted by Crippen LogP contribution is 2.67. The summed E-state index contributed by atoms with van der Waals surface area (Å²) in [5.41, 5.74) is -16.9. The lowest BCUT2D eigenvalue weighted by atomic mass is 9.49. The van der Waals surface area contributed by atoms with E-state index in [2.05, 4.69) is 0 Å². The second kappa shape index (κ2) is 59.8. The molecule has 0 aliphatic rings. The molecule has 0 bridgehead atoms. The summed E-state index contributed by atoms with van der Waals surface area (Å²) in [6.07, 6.45) is -25.4. The fourth-order valence-electron chi connectivity index (χ4n) is 23.2. The van der Waals surface area contributed by atoms with E-state index in [0.29, 0.717) is 122 Å². The van der Waals surface area contributed by atoms with E-state index in [0.717, 1.165) is 0 Å². The molecule has 0 aliphatic heterocycles. The normalized spacial score (nSPS) is 16.5. The second-order valence-corrected chi connectivity index (χ2v) is 45.3. The Morgan fingerprint density at radius 2 is 0.390 bits per heavy atom. The maximum atomic E-state index is 13.8. The minimum atomic E-state index is -4.17. The van der Waals surface area contributed by atoms with E-state index >= 15 is 0 Å². The van der Waals surface area contributed by atoms with Crippen molar-refractivity contribution in [2.45, 2.75) is 543 Å². The van der Waals surface area contributed by atoms with Gasteiger partial charge >= 0.3 is 55.6 Å². The molecule has 0 aromatic rings. The summed E-state index contributed by atoms with van der Waals surface area (Å²) < 4.78 is 356. The lowest BCUT2D eigenvalue weighted by Gasteiger charge is -2.57. The highest BCUT2D eigenvalue weighted by atomic mass is 19.4. The van der Waals surface area contributed by atoms with Gasteiger partial charge in [0.1, 0.15) is 0 Å². The van der Waals surface area contributed by atoms with Crippen LogP contribution in [-0.2, 0) is 0 Å². The molecule has 834 valence electrons. The van der Waals surface area contributed by atoms with Gasteiger partial charge in [-0.2, -0.15) is 119 Å². The molecule has 136 heavy (non-hydrogen) atoms. The Hall–Kier alpha value is -1.89. The van der Waals surface area contributed by atoms with E-state index < -0.39 is 138 Å². The Morgan fingerprint density at radius 1 is 0.176 bits per heavy atom. The van der Waals surface area contributed by atoms with Gasteiger partial charge < -0.3 is 0 Å². The molecule has 0 heterocycles. The highest BCUT2D eigenvalue weighted by molar-refractivity contribution is 5.06. The van der Waals surface area contributed by atoms with Crippen molar-refractivity contribution < 1.29 is 119 Å². The van der Waals surface area contributed by atoms with E-state index in [4.69, 9.17) is 0 Å². The lowest BCUT2D eigenvalue weighted by molar-refractivity contribution is -0.301. The summed E-state index contributed by atoms with van der Waals surface area (Å²) >= 11 is 0. The van der Waals surface area contributed by atoms with Gasteiger partial charge in [-0.25, -0.2) is 0 Å². The molecular weight excluding hydrogens is 1820 g/mol. The standard InChI is InChI=1S/C15H29F3.3C13H25F3.2C12H23F3.2C11H21F3.C9H17F3/c1-8-12(5,9-2)14(7,15(16,17)18)13(6,10-3)11-4;1-8(2)11(9(3)4)12(7,10(5)6)13(14,15)16;1-7-8-12(6,13(14,15)16)11(9(2)3)10(4)5;1-6-10(7-2)12(5,13(14,15)16)11(8-3)9-4;1-7-10(5,8-2)11(6,9(3)4)12(13,14)15;1-6-9-11(5,12(13,14)15)10(4,7-2)8-3;1-6-9(7-2)10(5,8(3)4)11(12,13)14;1-5-8-10(4,11(12,13)14)9(6-2)7-3;1-6(2)8(5,7(3)4)9(10,11)12/h8-11H2,1-7H3;8-11H,1-7H3;9-11H,7-8H2,1-6H3;10-11H,6-9H2,1-5H3;9H,7-8H2,1-6H3;6-9H2,1-5H3;8-9H,6-7H2,1-5H3;9H,5-8H2,1-4H3;6-7H,1-5H3. The van der Waals surface area contributed by atoms with Crippen LogP contribution >= 0.6 is 0 Å². The van der Waals surface area contributed by atoms with Crippen molar-refractivity contribution in [1.29, 1.82) is 0 Å². The van der Waals surface area contributed by atoms with Crippen LogP contribution < -0.4 is 0 Å². The number of rotatable bonds is 41. The molecule has 0 N–H and O–H groups in total. The fourth-order valence-corrected chi connectivity index (χ4v) is 23.2. The van der Waals surface area contributed by atoms with E-state index in [-0.39, 0.29) is 96.2 Å². The average Bonchev–Trinajstić information content (AvgIpc) is 0.716. The van der Waals surface area contributed by atoms with Crippen molar-refractivity contribution in [3.8, 4) is 0 Å². The summed E-state index contributed by atoms with van der Waals surface area (Å²) in [6, 6.07) is 0. The monoisotopic (exact) mass is 2030 g/mol. The molecule has 6 unspecified atom stereocenters. The first-order valence-electron chi connectivity index (χ1n) is 51.8. The quantitative estimate of drug-likeness (QED) is 0.0535. The molecule has 0 nitrogen and oxygen atoms in total. The van der Waals surface area contributed by atoms with E-state index in [1.165, 1.54) is 62.3 Å². The zero-order valence-corrected chi connectivity index (χ0v) is 95.4. The number of hydrogen-bond acceptors (Lipinski definition) is 0. The molecule has 0 saturated carbocycles. The Morgan fingerprint density at radius 3 is 0.507 bits per heavy atom. The van der Waals surface area contributed by atoms with Crippen molar-refractivity contribution in [2.75, 3.05) is 0 Å². The molecule has 0 aliphatic carbocycles. The molecule has 0 aromatic carbocycles. The molecule has 27 heteroatoms. The molecule has 0 fully saturated rings. The summed E-state index contributed by atoms with van der Waals surface area (Å²) in [4.78, 5) is 0. The second-order valence-electron chi connectivity index (χ2n) is 45.3. The van der Waals surface area contributed by atoms with Crippen molar-refractivity contribution in [1.82, 2.24) is 0 Å². The predicted octanol–water partition coefficient (Wildman–Crippen LogP) is 45.6. The fraction of sp³-hybridized carbons (Fsp3) is 1.00. The summed E-state index contributed by atoms with van der Waals surface area (Å²) in [6.45, 7) is 86.2. The van der Waals surface area contributed by atoms with Crippen LogP contribution in [0.5, 0.6) is 0 Å². The van der Waals surface area contributed by atoms with Crippen molar-refractivity contribution in [2.24, 2.45) is 159 Å². The first-order chi connectivity index (χ1) is 60.2. The molecular formula is C109H209F27. The Bertz CT molecular complexity index is 2920.